The molecule has 0 amide bonds. The molecule has 0 aliphatic carbocycles. The number of nitrogens with two attached hydrogens (primary N) is 1. The van der Waals surface area contributed by atoms with Gasteiger partial charge in [0.05, 0.1) is 22.9 Å². The second kappa shape index (κ2) is 6.68. The van der Waals surface area contributed by atoms with E-state index in [4.69, 9.17) is 22.1 Å². The van der Waals surface area contributed by atoms with Crippen molar-refractivity contribution in [2.24, 2.45) is 5.73 Å². The molecule has 0 bridgehead atoms. The molecule has 0 saturated carbocycles. The van der Waals surface area contributed by atoms with Gasteiger partial charge in [0.2, 0.25) is 11.8 Å². The number of ether oxygens (including phenoxy) is 1. The number of nitriles is 1. The van der Waals surface area contributed by atoms with Gasteiger partial charge in [0.15, 0.2) is 0 Å². The number of nitrogens with one attached hydrogen (secondary N) is 1. The first-order valence-electron chi connectivity index (χ1n) is 9.20. The number of aromatic amines is 1. The molecule has 1 aliphatic heterocycles. The fourth-order valence-electron chi connectivity index (χ4n) is 3.68. The molecule has 0 radical (unpaired) electrons. The van der Waals surface area contributed by atoms with Gasteiger partial charge in [-0.05, 0) is 19.1 Å². The molecule has 1 aliphatic rings. The van der Waals surface area contributed by atoms with Gasteiger partial charge in [-0.2, -0.15) is 10.4 Å². The molecule has 0 fully saturated rings. The number of nitrogens with zero attached hydrogens (tertiary/aromatic N) is 4. The minimum absolute atomic E-state index is 0.0277. The zero-order valence-electron chi connectivity index (χ0n) is 16.6. The second-order valence-electron chi connectivity index (χ2n) is 8.03. The van der Waals surface area contributed by atoms with Crippen LogP contribution in [0.4, 0.5) is 0 Å². The first-order valence-corrected chi connectivity index (χ1v) is 9.58. The summed E-state index contributed by atoms with van der Waals surface area (Å²) in [5, 5.41) is 22.3. The quantitative estimate of drug-likeness (QED) is 0.664. The molecule has 3 aromatic rings. The van der Waals surface area contributed by atoms with Crippen LogP contribution in [0.25, 0.3) is 5.69 Å². The third-order valence-corrected chi connectivity index (χ3v) is 5.39. The van der Waals surface area contributed by atoms with Crippen molar-refractivity contribution < 1.29 is 4.74 Å². The van der Waals surface area contributed by atoms with Gasteiger partial charge in [0, 0.05) is 16.7 Å². The fourth-order valence-corrected chi connectivity index (χ4v) is 4.07. The average molecular weight is 409 g/mol. The van der Waals surface area contributed by atoms with Gasteiger partial charge in [0.1, 0.15) is 16.8 Å². The van der Waals surface area contributed by atoms with Crippen molar-refractivity contribution in [1.29, 1.82) is 5.26 Å². The molecule has 29 heavy (non-hydrogen) atoms. The van der Waals surface area contributed by atoms with Crippen LogP contribution in [0.5, 0.6) is 5.88 Å². The van der Waals surface area contributed by atoms with Gasteiger partial charge in [-0.15, -0.1) is 5.10 Å². The normalized spacial score (nSPS) is 16.3. The van der Waals surface area contributed by atoms with Gasteiger partial charge in [-0.3, -0.25) is 5.10 Å². The smallest absolute Gasteiger partial charge is 0.244 e. The lowest BCUT2D eigenvalue weighted by molar-refractivity contribution is 0.378. The van der Waals surface area contributed by atoms with Gasteiger partial charge < -0.3 is 10.5 Å². The lowest BCUT2D eigenvalue weighted by atomic mass is 9.79. The Labute approximate surface area is 173 Å². The maximum Gasteiger partial charge on any atom is 0.244 e. The van der Waals surface area contributed by atoms with E-state index in [9.17, 15) is 5.26 Å². The van der Waals surface area contributed by atoms with Crippen LogP contribution in [0.2, 0.25) is 5.15 Å². The average Bonchev–Trinajstić information content (AvgIpc) is 3.22. The van der Waals surface area contributed by atoms with E-state index in [1.165, 1.54) is 0 Å². The maximum atomic E-state index is 9.89. The fraction of sp³-hybridized carbons (Fsp3) is 0.286. The number of benzene rings is 1. The van der Waals surface area contributed by atoms with E-state index >= 15 is 0 Å². The van der Waals surface area contributed by atoms with Crippen LogP contribution in [0.15, 0.2) is 41.8 Å². The minimum atomic E-state index is -0.526. The number of rotatable bonds is 2. The summed E-state index contributed by atoms with van der Waals surface area (Å²) >= 11 is 6.82. The summed E-state index contributed by atoms with van der Waals surface area (Å²) in [4.78, 5) is 0. The number of aryl methyl sites for hydroxylation is 1. The number of para-hydroxylation sites is 1. The van der Waals surface area contributed by atoms with E-state index in [2.05, 4.69) is 42.1 Å². The maximum absolute atomic E-state index is 9.89. The van der Waals surface area contributed by atoms with Crippen LogP contribution in [0.1, 0.15) is 49.2 Å². The third-order valence-electron chi connectivity index (χ3n) is 5.03. The molecular formula is C21H21ClN6O. The topological polar surface area (TPSA) is 106 Å². The molecule has 3 heterocycles. The highest BCUT2D eigenvalue weighted by Crippen LogP contribution is 2.48. The molecule has 148 valence electrons. The summed E-state index contributed by atoms with van der Waals surface area (Å²) in [6, 6.07) is 11.8. The van der Waals surface area contributed by atoms with Crippen molar-refractivity contribution >= 4 is 11.6 Å². The Bertz CT molecular complexity index is 1160. The van der Waals surface area contributed by atoms with E-state index < -0.39 is 5.92 Å². The zero-order valence-corrected chi connectivity index (χ0v) is 17.4. The number of allylic oxidation sites excluding steroid dienone is 1. The Morgan fingerprint density at radius 2 is 1.93 bits per heavy atom. The summed E-state index contributed by atoms with van der Waals surface area (Å²) in [6.45, 7) is 8.06. The third kappa shape index (κ3) is 2.97. The van der Waals surface area contributed by atoms with Crippen LogP contribution >= 0.6 is 11.6 Å². The summed E-state index contributed by atoms with van der Waals surface area (Å²) in [5.41, 5.74) is 9.99. The second-order valence-corrected chi connectivity index (χ2v) is 8.39. The van der Waals surface area contributed by atoms with Crippen molar-refractivity contribution in [3.05, 3.63) is 69.5 Å². The molecule has 0 unspecified atom stereocenters. The molecule has 0 spiro atoms. The van der Waals surface area contributed by atoms with Crippen LogP contribution in [0.3, 0.4) is 0 Å². The Hall–Kier alpha value is -3.24. The van der Waals surface area contributed by atoms with Gasteiger partial charge >= 0.3 is 0 Å². The van der Waals surface area contributed by atoms with Crippen molar-refractivity contribution in [3.63, 3.8) is 0 Å². The van der Waals surface area contributed by atoms with Gasteiger partial charge in [-0.1, -0.05) is 50.6 Å². The van der Waals surface area contributed by atoms with Gasteiger partial charge in [-0.25, -0.2) is 4.68 Å². The molecule has 0 saturated heterocycles. The van der Waals surface area contributed by atoms with E-state index in [0.29, 0.717) is 27.9 Å². The summed E-state index contributed by atoms with van der Waals surface area (Å²) in [6.07, 6.45) is 0. The number of halogens is 1. The number of hydrogen-bond donors (Lipinski definition) is 2. The lowest BCUT2D eigenvalue weighted by Gasteiger charge is -2.27. The molecular weight excluding hydrogens is 388 g/mol. The molecule has 1 atom stereocenters. The highest BCUT2D eigenvalue weighted by molar-refractivity contribution is 6.30. The minimum Gasteiger partial charge on any atom is -0.420 e. The monoisotopic (exact) mass is 408 g/mol. The molecule has 8 heteroatoms. The number of fused-ring (bicyclic) bond motifs is 1. The van der Waals surface area contributed by atoms with E-state index in [-0.39, 0.29) is 11.3 Å². The molecule has 4 rings (SSSR count). The highest BCUT2D eigenvalue weighted by Gasteiger charge is 2.40. The Morgan fingerprint density at radius 3 is 2.55 bits per heavy atom. The van der Waals surface area contributed by atoms with E-state index in [1.807, 2.05) is 37.3 Å². The van der Waals surface area contributed by atoms with Crippen molar-refractivity contribution in [1.82, 2.24) is 20.0 Å². The van der Waals surface area contributed by atoms with E-state index in [0.717, 1.165) is 16.9 Å². The van der Waals surface area contributed by atoms with Crippen molar-refractivity contribution in [2.45, 2.75) is 39.0 Å². The van der Waals surface area contributed by atoms with Crippen LogP contribution < -0.4 is 10.5 Å². The molecule has 2 aromatic heterocycles. The van der Waals surface area contributed by atoms with Crippen LogP contribution in [0, 0.1) is 18.3 Å². The van der Waals surface area contributed by atoms with Crippen LogP contribution in [-0.2, 0) is 5.41 Å². The Balaban J connectivity index is 2.00. The summed E-state index contributed by atoms with van der Waals surface area (Å²) in [7, 11) is 0. The molecule has 3 N–H and O–H groups in total. The lowest BCUT2D eigenvalue weighted by Crippen LogP contribution is -2.24. The highest BCUT2D eigenvalue weighted by atomic mass is 35.5. The predicted molar refractivity (Wildman–Crippen MR) is 110 cm³/mol. The Morgan fingerprint density at radius 1 is 1.24 bits per heavy atom. The zero-order chi connectivity index (χ0) is 20.9. The van der Waals surface area contributed by atoms with Crippen molar-refractivity contribution in [2.75, 3.05) is 0 Å². The van der Waals surface area contributed by atoms with Crippen molar-refractivity contribution in [3.8, 4) is 17.6 Å². The predicted octanol–water partition coefficient (Wildman–Crippen LogP) is 4.07. The summed E-state index contributed by atoms with van der Waals surface area (Å²) in [5.74, 6) is -0.138. The Kier molecular flexibility index (Phi) is 4.39. The van der Waals surface area contributed by atoms with E-state index in [1.54, 1.807) is 4.68 Å². The summed E-state index contributed by atoms with van der Waals surface area (Å²) < 4.78 is 7.33. The number of H-pyrrole nitrogens is 1. The SMILES string of the molecule is Cc1nn(-c2ccccc2)c(Cl)c1[C@H]1C(C#N)=C(N)Oc2n[nH]c(C(C)(C)C)c21. The molecule has 7 nitrogen and oxygen atoms in total. The largest absolute Gasteiger partial charge is 0.420 e. The number of aromatic nitrogens is 4. The van der Waals surface area contributed by atoms with Gasteiger partial charge in [0.25, 0.3) is 0 Å². The first kappa shape index (κ1) is 19.1. The standard InChI is InChI=1S/C21H21ClN6O/c1-11-14(18(22)28(27-11)12-8-6-5-7-9-12)15-13(10-23)19(24)29-20-16(15)17(25-26-20)21(2,3)4/h5-9,15H,24H2,1-4H3,(H,25,26)/t15-/m1/s1. The van der Waals surface area contributed by atoms with Crippen LogP contribution in [-0.4, -0.2) is 20.0 Å². The molecule has 1 aromatic carbocycles. The number of hydrogen-bond acceptors (Lipinski definition) is 5. The first-order chi connectivity index (χ1) is 13.7.